The molecule has 122 valence electrons. The van der Waals surface area contributed by atoms with Crippen molar-refractivity contribution in [2.45, 2.75) is 39.3 Å². The molecule has 0 unspecified atom stereocenters. The Morgan fingerprint density at radius 1 is 1.32 bits per heavy atom. The van der Waals surface area contributed by atoms with E-state index in [1.807, 2.05) is 13.8 Å². The molecule has 1 fully saturated rings. The molecule has 0 bridgehead atoms. The number of hydrogen-bond donors (Lipinski definition) is 0. The Hall–Kier alpha value is -1.43. The molecule has 0 spiro atoms. The fourth-order valence-corrected chi connectivity index (χ4v) is 4.43. The van der Waals surface area contributed by atoms with Gasteiger partial charge in [0.15, 0.2) is 9.84 Å². The lowest BCUT2D eigenvalue weighted by atomic mass is 10.1. The van der Waals surface area contributed by atoms with Crippen molar-refractivity contribution in [2.75, 3.05) is 11.5 Å². The summed E-state index contributed by atoms with van der Waals surface area (Å²) in [7, 11) is -3.06. The second-order valence-corrected chi connectivity index (χ2v) is 8.53. The van der Waals surface area contributed by atoms with E-state index in [0.29, 0.717) is 19.4 Å². The minimum atomic E-state index is -3.06. The van der Waals surface area contributed by atoms with Crippen molar-refractivity contribution in [1.29, 1.82) is 0 Å². The lowest BCUT2D eigenvalue weighted by Gasteiger charge is -2.29. The van der Waals surface area contributed by atoms with Crippen LogP contribution in [0.2, 0.25) is 0 Å². The smallest absolute Gasteiger partial charge is 0.223 e. The Balaban J connectivity index is 2.17. The first-order chi connectivity index (χ1) is 10.3. The zero-order chi connectivity index (χ0) is 16.3. The van der Waals surface area contributed by atoms with Gasteiger partial charge < -0.3 is 4.90 Å². The maximum absolute atomic E-state index is 13.0. The van der Waals surface area contributed by atoms with Crippen molar-refractivity contribution in [1.82, 2.24) is 4.90 Å². The van der Waals surface area contributed by atoms with Crippen molar-refractivity contribution in [2.24, 2.45) is 5.92 Å². The number of hydrogen-bond acceptors (Lipinski definition) is 3. The first-order valence-electron chi connectivity index (χ1n) is 7.51. The standard InChI is InChI=1S/C16H22FNO3S/c1-12(2)9-16(19)18(15-7-8-22(20,21)11-15)10-13-3-5-14(17)6-4-13/h3-6,12,15H,7-11H2,1-2H3/t15-/m1/s1. The summed E-state index contributed by atoms with van der Waals surface area (Å²) in [5.41, 5.74) is 0.808. The number of benzene rings is 1. The predicted octanol–water partition coefficient (Wildman–Crippen LogP) is 2.39. The van der Waals surface area contributed by atoms with Crippen LogP contribution in [0.4, 0.5) is 4.39 Å². The second-order valence-electron chi connectivity index (χ2n) is 6.30. The first kappa shape index (κ1) is 16.9. The molecule has 1 aliphatic rings. The van der Waals surface area contributed by atoms with Gasteiger partial charge in [-0.25, -0.2) is 12.8 Å². The van der Waals surface area contributed by atoms with Gasteiger partial charge in [0.05, 0.1) is 11.5 Å². The molecule has 6 heteroatoms. The molecule has 1 atom stereocenters. The number of carbonyl (C=O) groups excluding carboxylic acids is 1. The molecule has 22 heavy (non-hydrogen) atoms. The molecular weight excluding hydrogens is 305 g/mol. The molecule has 1 aliphatic heterocycles. The van der Waals surface area contributed by atoms with Gasteiger partial charge in [-0.3, -0.25) is 4.79 Å². The topological polar surface area (TPSA) is 54.5 Å². The van der Waals surface area contributed by atoms with Gasteiger partial charge in [-0.1, -0.05) is 26.0 Å². The molecule has 1 aromatic rings. The van der Waals surface area contributed by atoms with Gasteiger partial charge in [0, 0.05) is 19.0 Å². The summed E-state index contributed by atoms with van der Waals surface area (Å²) in [5.74, 6) is -0.000182. The summed E-state index contributed by atoms with van der Waals surface area (Å²) in [6, 6.07) is 5.70. The van der Waals surface area contributed by atoms with E-state index in [1.54, 1.807) is 17.0 Å². The fraction of sp³-hybridized carbons (Fsp3) is 0.562. The molecule has 0 N–H and O–H groups in total. The van der Waals surface area contributed by atoms with Gasteiger partial charge in [-0.05, 0) is 30.0 Å². The van der Waals surface area contributed by atoms with Crippen LogP contribution >= 0.6 is 0 Å². The summed E-state index contributed by atoms with van der Waals surface area (Å²) in [6.07, 6.45) is 0.866. The van der Waals surface area contributed by atoms with E-state index >= 15 is 0 Å². The number of nitrogens with zero attached hydrogens (tertiary/aromatic N) is 1. The summed E-state index contributed by atoms with van der Waals surface area (Å²) in [5, 5.41) is 0. The molecule has 0 radical (unpaired) electrons. The third-order valence-electron chi connectivity index (χ3n) is 3.82. The number of carbonyl (C=O) groups is 1. The number of rotatable bonds is 5. The summed E-state index contributed by atoms with van der Waals surface area (Å²) < 4.78 is 36.4. The van der Waals surface area contributed by atoms with Gasteiger partial charge >= 0.3 is 0 Å². The molecule has 2 rings (SSSR count). The van der Waals surface area contributed by atoms with E-state index in [0.717, 1.165) is 5.56 Å². The van der Waals surface area contributed by atoms with Crippen LogP contribution in [0.5, 0.6) is 0 Å². The van der Waals surface area contributed by atoms with Crippen LogP contribution in [-0.4, -0.2) is 36.8 Å². The summed E-state index contributed by atoms with van der Waals surface area (Å²) >= 11 is 0. The zero-order valence-electron chi connectivity index (χ0n) is 13.0. The fourth-order valence-electron chi connectivity index (χ4n) is 2.70. The third-order valence-corrected chi connectivity index (χ3v) is 5.57. The van der Waals surface area contributed by atoms with Crippen LogP contribution in [0.1, 0.15) is 32.3 Å². The van der Waals surface area contributed by atoms with E-state index in [1.165, 1.54) is 12.1 Å². The quantitative estimate of drug-likeness (QED) is 0.834. The largest absolute Gasteiger partial charge is 0.334 e. The van der Waals surface area contributed by atoms with Crippen molar-refractivity contribution in [3.05, 3.63) is 35.6 Å². The Bertz CT molecular complexity index is 625. The van der Waals surface area contributed by atoms with Crippen LogP contribution in [0, 0.1) is 11.7 Å². The van der Waals surface area contributed by atoms with Gasteiger partial charge in [-0.2, -0.15) is 0 Å². The van der Waals surface area contributed by atoms with E-state index in [9.17, 15) is 17.6 Å². The Kier molecular flexibility index (Phi) is 5.21. The monoisotopic (exact) mass is 327 g/mol. The number of sulfone groups is 1. The van der Waals surface area contributed by atoms with Crippen molar-refractivity contribution < 1.29 is 17.6 Å². The molecule has 0 saturated carbocycles. The van der Waals surface area contributed by atoms with Crippen molar-refractivity contribution >= 4 is 15.7 Å². The van der Waals surface area contributed by atoms with Gasteiger partial charge in [0.2, 0.25) is 5.91 Å². The van der Waals surface area contributed by atoms with Crippen molar-refractivity contribution in [3.63, 3.8) is 0 Å². The van der Waals surface area contributed by atoms with E-state index in [4.69, 9.17) is 0 Å². The van der Waals surface area contributed by atoms with Crippen LogP contribution in [0.15, 0.2) is 24.3 Å². The Morgan fingerprint density at radius 3 is 2.45 bits per heavy atom. The minimum Gasteiger partial charge on any atom is -0.334 e. The third kappa shape index (κ3) is 4.53. The van der Waals surface area contributed by atoms with Crippen LogP contribution in [0.25, 0.3) is 0 Å². The number of amides is 1. The lowest BCUT2D eigenvalue weighted by molar-refractivity contribution is -0.134. The first-order valence-corrected chi connectivity index (χ1v) is 9.33. The molecule has 1 aromatic carbocycles. The molecular formula is C16H22FNO3S. The maximum Gasteiger partial charge on any atom is 0.223 e. The molecule has 4 nitrogen and oxygen atoms in total. The average molecular weight is 327 g/mol. The highest BCUT2D eigenvalue weighted by Crippen LogP contribution is 2.22. The lowest BCUT2D eigenvalue weighted by Crippen LogP contribution is -2.41. The Morgan fingerprint density at radius 2 is 1.95 bits per heavy atom. The minimum absolute atomic E-state index is 0.0258. The normalized spacial score (nSPS) is 20.3. The van der Waals surface area contributed by atoms with Gasteiger partial charge in [0.1, 0.15) is 5.82 Å². The van der Waals surface area contributed by atoms with E-state index in [2.05, 4.69) is 0 Å². The molecule has 1 heterocycles. The van der Waals surface area contributed by atoms with E-state index in [-0.39, 0.29) is 35.2 Å². The number of halogens is 1. The summed E-state index contributed by atoms with van der Waals surface area (Å²) in [4.78, 5) is 14.1. The second kappa shape index (κ2) is 6.77. The molecule has 0 aliphatic carbocycles. The molecule has 0 aromatic heterocycles. The zero-order valence-corrected chi connectivity index (χ0v) is 13.8. The highest BCUT2D eigenvalue weighted by atomic mass is 32.2. The average Bonchev–Trinajstić information content (AvgIpc) is 2.77. The van der Waals surface area contributed by atoms with Crippen LogP contribution < -0.4 is 0 Å². The molecule has 1 amide bonds. The van der Waals surface area contributed by atoms with Gasteiger partial charge in [-0.15, -0.1) is 0 Å². The van der Waals surface area contributed by atoms with Crippen LogP contribution in [0.3, 0.4) is 0 Å². The summed E-state index contributed by atoms with van der Waals surface area (Å²) in [6.45, 7) is 4.24. The molecule has 1 saturated heterocycles. The van der Waals surface area contributed by atoms with Crippen molar-refractivity contribution in [3.8, 4) is 0 Å². The predicted molar refractivity (Wildman–Crippen MR) is 83.5 cm³/mol. The highest BCUT2D eigenvalue weighted by Gasteiger charge is 2.34. The van der Waals surface area contributed by atoms with Gasteiger partial charge in [0.25, 0.3) is 0 Å². The van der Waals surface area contributed by atoms with Crippen LogP contribution in [-0.2, 0) is 21.2 Å². The highest BCUT2D eigenvalue weighted by molar-refractivity contribution is 7.91. The SMILES string of the molecule is CC(C)CC(=O)N(Cc1ccc(F)cc1)[C@@H]1CCS(=O)(=O)C1. The Labute approximate surface area is 131 Å². The van der Waals surface area contributed by atoms with E-state index < -0.39 is 9.84 Å². The maximum atomic E-state index is 13.0.